The second-order valence-corrected chi connectivity index (χ2v) is 5.74. The highest BCUT2D eigenvalue weighted by Crippen LogP contribution is 2.04. The van der Waals surface area contributed by atoms with Gasteiger partial charge in [0.1, 0.15) is 10.7 Å². The summed E-state index contributed by atoms with van der Waals surface area (Å²) in [5.74, 6) is 1.15. The van der Waals surface area contributed by atoms with E-state index >= 15 is 0 Å². The number of nitrogens with zero attached hydrogens (tertiary/aromatic N) is 2. The lowest BCUT2D eigenvalue weighted by atomic mass is 10.3. The van der Waals surface area contributed by atoms with Crippen molar-refractivity contribution in [2.24, 2.45) is 5.73 Å². The SMILES string of the molecule is CC(CCS(C)=O)Nc1nccc(C(N)=S)n1. The van der Waals surface area contributed by atoms with Crippen molar-refractivity contribution in [1.82, 2.24) is 9.97 Å². The summed E-state index contributed by atoms with van der Waals surface area (Å²) in [4.78, 5) is 8.50. The third-order valence-corrected chi connectivity index (χ3v) is 3.14. The number of hydrogen-bond acceptors (Lipinski definition) is 5. The Balaban J connectivity index is 2.58. The van der Waals surface area contributed by atoms with E-state index in [1.807, 2.05) is 6.92 Å². The van der Waals surface area contributed by atoms with Gasteiger partial charge in [-0.25, -0.2) is 9.97 Å². The second kappa shape index (κ2) is 6.61. The second-order valence-electron chi connectivity index (χ2n) is 3.74. The summed E-state index contributed by atoms with van der Waals surface area (Å²) in [7, 11) is -0.777. The maximum absolute atomic E-state index is 11.0. The van der Waals surface area contributed by atoms with E-state index in [4.69, 9.17) is 18.0 Å². The van der Waals surface area contributed by atoms with Crippen molar-refractivity contribution in [1.29, 1.82) is 0 Å². The standard InChI is InChI=1S/C10H16N4OS2/c1-7(4-6-17(2)15)13-10-12-5-3-8(14-10)9(11)16/h3,5,7H,4,6H2,1-2H3,(H2,11,16)(H,12,13,14). The molecule has 0 aliphatic heterocycles. The Morgan fingerprint density at radius 1 is 1.71 bits per heavy atom. The first-order chi connectivity index (χ1) is 7.99. The highest BCUT2D eigenvalue weighted by molar-refractivity contribution is 7.84. The average Bonchev–Trinajstić information content (AvgIpc) is 2.26. The van der Waals surface area contributed by atoms with Crippen LogP contribution in [0.3, 0.4) is 0 Å². The predicted octanol–water partition coefficient (Wildman–Crippen LogP) is 0.680. The van der Waals surface area contributed by atoms with Crippen molar-refractivity contribution in [3.05, 3.63) is 18.0 Å². The fraction of sp³-hybridized carbons (Fsp3) is 0.500. The van der Waals surface area contributed by atoms with Crippen molar-refractivity contribution in [3.63, 3.8) is 0 Å². The third-order valence-electron chi connectivity index (χ3n) is 2.12. The molecule has 1 heterocycles. The van der Waals surface area contributed by atoms with Crippen molar-refractivity contribution in [2.75, 3.05) is 17.3 Å². The molecule has 2 atom stereocenters. The van der Waals surface area contributed by atoms with Gasteiger partial charge in [0, 0.05) is 35.0 Å². The average molecular weight is 272 g/mol. The van der Waals surface area contributed by atoms with Crippen LogP contribution < -0.4 is 11.1 Å². The van der Waals surface area contributed by atoms with E-state index in [0.29, 0.717) is 17.4 Å². The van der Waals surface area contributed by atoms with E-state index < -0.39 is 10.8 Å². The minimum Gasteiger partial charge on any atom is -0.388 e. The van der Waals surface area contributed by atoms with Crippen LogP contribution in [0, 0.1) is 0 Å². The molecule has 1 aromatic heterocycles. The molecule has 0 aromatic carbocycles. The van der Waals surface area contributed by atoms with Crippen LogP contribution in [0.2, 0.25) is 0 Å². The Hall–Kier alpha value is -1.08. The van der Waals surface area contributed by atoms with Crippen LogP contribution in [0.4, 0.5) is 5.95 Å². The monoisotopic (exact) mass is 272 g/mol. The van der Waals surface area contributed by atoms with Crippen molar-refractivity contribution in [2.45, 2.75) is 19.4 Å². The fourth-order valence-electron chi connectivity index (χ4n) is 1.20. The zero-order valence-electron chi connectivity index (χ0n) is 9.84. The molecular formula is C10H16N4OS2. The Morgan fingerprint density at radius 3 is 3.00 bits per heavy atom. The summed E-state index contributed by atoms with van der Waals surface area (Å²) in [5, 5.41) is 3.12. The lowest BCUT2D eigenvalue weighted by Crippen LogP contribution is -2.21. The minimum absolute atomic E-state index is 0.153. The van der Waals surface area contributed by atoms with Crippen LogP contribution in [0.5, 0.6) is 0 Å². The zero-order chi connectivity index (χ0) is 12.8. The molecule has 2 unspecified atom stereocenters. The fourth-order valence-corrected chi connectivity index (χ4v) is 2.00. The van der Waals surface area contributed by atoms with Gasteiger partial charge in [0.05, 0.1) is 0 Å². The molecule has 0 amide bonds. The Bertz CT molecular complexity index is 425. The van der Waals surface area contributed by atoms with Gasteiger partial charge in [0.2, 0.25) is 5.95 Å². The number of nitrogens with two attached hydrogens (primary N) is 1. The number of hydrogen-bond donors (Lipinski definition) is 2. The van der Waals surface area contributed by atoms with Gasteiger partial charge in [-0.3, -0.25) is 4.21 Å². The molecule has 1 rings (SSSR count). The molecule has 0 radical (unpaired) electrons. The molecule has 1 aromatic rings. The normalized spacial score (nSPS) is 14.0. The smallest absolute Gasteiger partial charge is 0.223 e. The number of nitrogens with one attached hydrogen (secondary N) is 1. The number of thiocarbonyl (C=S) groups is 1. The van der Waals surface area contributed by atoms with E-state index in [1.165, 1.54) is 0 Å². The van der Waals surface area contributed by atoms with Gasteiger partial charge >= 0.3 is 0 Å². The number of aromatic nitrogens is 2. The first-order valence-corrected chi connectivity index (χ1v) is 7.32. The number of rotatable bonds is 6. The van der Waals surface area contributed by atoms with Gasteiger partial charge in [0.25, 0.3) is 0 Å². The van der Waals surface area contributed by atoms with Gasteiger partial charge in [0.15, 0.2) is 0 Å². The predicted molar refractivity (Wildman–Crippen MR) is 74.6 cm³/mol. The highest BCUT2D eigenvalue weighted by atomic mass is 32.2. The molecule has 0 spiro atoms. The molecule has 3 N–H and O–H groups in total. The lowest BCUT2D eigenvalue weighted by molar-refractivity contribution is 0.678. The first kappa shape index (κ1) is 14.0. The van der Waals surface area contributed by atoms with E-state index in [0.717, 1.165) is 6.42 Å². The maximum Gasteiger partial charge on any atom is 0.223 e. The summed E-state index contributed by atoms with van der Waals surface area (Å²) in [6, 6.07) is 1.82. The van der Waals surface area contributed by atoms with Crippen molar-refractivity contribution < 1.29 is 4.21 Å². The molecule has 5 nitrogen and oxygen atoms in total. The van der Waals surface area contributed by atoms with Crippen LogP contribution in [0.25, 0.3) is 0 Å². The van der Waals surface area contributed by atoms with Crippen LogP contribution >= 0.6 is 12.2 Å². The first-order valence-electron chi connectivity index (χ1n) is 5.18. The van der Waals surface area contributed by atoms with Gasteiger partial charge < -0.3 is 11.1 Å². The summed E-state index contributed by atoms with van der Waals surface area (Å²) < 4.78 is 11.0. The molecule has 17 heavy (non-hydrogen) atoms. The van der Waals surface area contributed by atoms with E-state index in [-0.39, 0.29) is 11.0 Å². The topological polar surface area (TPSA) is 80.9 Å². The molecular weight excluding hydrogens is 256 g/mol. The van der Waals surface area contributed by atoms with Gasteiger partial charge in [-0.15, -0.1) is 0 Å². The highest BCUT2D eigenvalue weighted by Gasteiger charge is 2.06. The van der Waals surface area contributed by atoms with E-state index in [9.17, 15) is 4.21 Å². The molecule has 0 fully saturated rings. The summed E-state index contributed by atoms with van der Waals surface area (Å²) >= 11 is 4.84. The third kappa shape index (κ3) is 5.18. The Morgan fingerprint density at radius 2 is 2.41 bits per heavy atom. The van der Waals surface area contributed by atoms with Gasteiger partial charge in [-0.1, -0.05) is 12.2 Å². The molecule has 0 saturated carbocycles. The summed E-state index contributed by atoms with van der Waals surface area (Å²) in [6.07, 6.45) is 4.09. The molecule has 7 heteroatoms. The molecule has 94 valence electrons. The summed E-state index contributed by atoms with van der Waals surface area (Å²) in [6.45, 7) is 1.99. The number of anilines is 1. The van der Waals surface area contributed by atoms with Crippen LogP contribution in [0.1, 0.15) is 19.0 Å². The van der Waals surface area contributed by atoms with Crippen LogP contribution in [0.15, 0.2) is 12.3 Å². The van der Waals surface area contributed by atoms with Gasteiger partial charge in [-0.05, 0) is 19.4 Å². The molecule has 0 bridgehead atoms. The Kier molecular flexibility index (Phi) is 5.43. The molecule has 0 saturated heterocycles. The molecule has 0 aliphatic rings. The Labute approximate surface area is 109 Å². The van der Waals surface area contributed by atoms with Crippen molar-refractivity contribution >= 4 is 34.0 Å². The summed E-state index contributed by atoms with van der Waals surface area (Å²) in [5.41, 5.74) is 6.03. The lowest BCUT2D eigenvalue weighted by Gasteiger charge is -2.13. The van der Waals surface area contributed by atoms with Crippen LogP contribution in [-0.2, 0) is 10.8 Å². The largest absolute Gasteiger partial charge is 0.388 e. The molecule has 0 aliphatic carbocycles. The van der Waals surface area contributed by atoms with E-state index in [2.05, 4.69) is 15.3 Å². The van der Waals surface area contributed by atoms with Gasteiger partial charge in [-0.2, -0.15) is 0 Å². The maximum atomic E-state index is 11.0. The van der Waals surface area contributed by atoms with Crippen molar-refractivity contribution in [3.8, 4) is 0 Å². The minimum atomic E-state index is -0.777. The zero-order valence-corrected chi connectivity index (χ0v) is 11.5. The quantitative estimate of drug-likeness (QED) is 0.741. The van der Waals surface area contributed by atoms with Crippen LogP contribution in [-0.4, -0.2) is 37.2 Å². The van der Waals surface area contributed by atoms with E-state index in [1.54, 1.807) is 18.5 Å².